The maximum Gasteiger partial charge on any atom is 0.338 e. The fraction of sp³-hybridized carbons (Fsp3) is 0.366. The molecule has 2 atom stereocenters. The lowest BCUT2D eigenvalue weighted by atomic mass is 10.1. The van der Waals surface area contributed by atoms with Gasteiger partial charge >= 0.3 is 11.9 Å². The average Bonchev–Trinajstić information content (AvgIpc) is 4.00. The van der Waals surface area contributed by atoms with Crippen molar-refractivity contribution in [3.63, 3.8) is 0 Å². The molecule has 4 aromatic heterocycles. The van der Waals surface area contributed by atoms with E-state index in [1.807, 2.05) is 42.9 Å². The Labute approximate surface area is 358 Å². The van der Waals surface area contributed by atoms with Crippen LogP contribution in [0, 0.1) is 13.8 Å². The molecule has 60 heavy (non-hydrogen) atoms. The van der Waals surface area contributed by atoms with Gasteiger partial charge < -0.3 is 23.5 Å². The lowest BCUT2D eigenvalue weighted by Crippen LogP contribution is -2.26. The van der Waals surface area contributed by atoms with Crippen LogP contribution in [0.4, 0.5) is 5.95 Å². The molecule has 1 amide bonds. The number of aryl methyl sites for hydroxylation is 4. The van der Waals surface area contributed by atoms with Gasteiger partial charge in [0, 0.05) is 13.1 Å². The highest BCUT2D eigenvalue weighted by atomic mass is 32.1. The van der Waals surface area contributed by atoms with Gasteiger partial charge in [0.1, 0.15) is 53.0 Å². The van der Waals surface area contributed by atoms with Gasteiger partial charge in [0.05, 0.1) is 66.3 Å². The van der Waals surface area contributed by atoms with Crippen LogP contribution in [-0.2, 0) is 29.0 Å². The molecule has 0 radical (unpaired) electrons. The first-order valence-corrected chi connectivity index (χ1v) is 19.1. The van der Waals surface area contributed by atoms with E-state index in [-0.39, 0.29) is 76.0 Å². The predicted molar refractivity (Wildman–Crippen MR) is 232 cm³/mol. The Morgan fingerprint density at radius 2 is 1.23 bits per heavy atom. The highest BCUT2D eigenvalue weighted by molar-refractivity contribution is 7.59. The van der Waals surface area contributed by atoms with E-state index >= 15 is 0 Å². The molecular formula is C41H47N9O8S2. The van der Waals surface area contributed by atoms with Gasteiger partial charge in [0.15, 0.2) is 5.78 Å². The van der Waals surface area contributed by atoms with E-state index in [0.717, 1.165) is 11.4 Å². The topological polar surface area (TPSA) is 189 Å². The summed E-state index contributed by atoms with van der Waals surface area (Å²) < 4.78 is 29.7. The zero-order valence-corrected chi connectivity index (χ0v) is 36.1. The molecule has 0 fully saturated rings. The molecular weight excluding hydrogens is 811 g/mol. The highest BCUT2D eigenvalue weighted by Gasteiger charge is 2.32. The number of methoxy groups -OCH3 is 2. The van der Waals surface area contributed by atoms with Crippen molar-refractivity contribution >= 4 is 78.6 Å². The summed E-state index contributed by atoms with van der Waals surface area (Å²) in [7, 11) is 2.63. The van der Waals surface area contributed by atoms with Crippen molar-refractivity contribution in [1.82, 2.24) is 38.7 Å². The van der Waals surface area contributed by atoms with Crippen LogP contribution < -0.4 is 14.8 Å². The SMILES string of the molecule is CCn1nc(C)cc1C(=O)Cc1nc2cc(C(=O)OC)cc3c2n1[C@@H](C/C=C/C[C@H]1COc2cc(C(=O)OC)cc4nc(NC(=O)c5cc(C)nn5CC)n1c24)CO3.S.S. The van der Waals surface area contributed by atoms with Crippen LogP contribution in [-0.4, -0.2) is 89.7 Å². The third-order valence-corrected chi connectivity index (χ3v) is 10.5. The minimum absolute atomic E-state index is 0. The maximum absolute atomic E-state index is 13.7. The Balaban J connectivity index is 0.00000302. The summed E-state index contributed by atoms with van der Waals surface area (Å²) in [5.41, 5.74) is 5.31. The van der Waals surface area contributed by atoms with E-state index in [9.17, 15) is 19.2 Å². The van der Waals surface area contributed by atoms with Crippen molar-refractivity contribution in [2.75, 3.05) is 32.8 Å². The molecule has 0 saturated heterocycles. The fourth-order valence-electron chi connectivity index (χ4n) is 7.84. The molecule has 0 saturated carbocycles. The number of nitrogens with zero attached hydrogens (tertiary/aromatic N) is 8. The number of aromatic nitrogens is 8. The van der Waals surface area contributed by atoms with Crippen molar-refractivity contribution < 1.29 is 38.1 Å². The zero-order chi connectivity index (χ0) is 40.8. The van der Waals surface area contributed by atoms with E-state index in [1.54, 1.807) is 45.8 Å². The van der Waals surface area contributed by atoms with E-state index in [2.05, 4.69) is 21.6 Å². The monoisotopic (exact) mass is 857 g/mol. The molecule has 2 aliphatic rings. The van der Waals surface area contributed by atoms with E-state index in [1.165, 1.54) is 14.2 Å². The van der Waals surface area contributed by atoms with Gasteiger partial charge in [-0.3, -0.25) is 28.8 Å². The van der Waals surface area contributed by atoms with Gasteiger partial charge in [-0.05, 0) is 76.9 Å². The molecule has 6 aromatic rings. The molecule has 2 aromatic carbocycles. The summed E-state index contributed by atoms with van der Waals surface area (Å²) >= 11 is 0. The number of hydrogen-bond acceptors (Lipinski definition) is 12. The minimum Gasteiger partial charge on any atom is -0.489 e. The van der Waals surface area contributed by atoms with Crippen molar-refractivity contribution in [2.24, 2.45) is 0 Å². The number of nitrogens with one attached hydrogen (secondary N) is 1. The Bertz CT molecular complexity index is 2500. The van der Waals surface area contributed by atoms with Gasteiger partial charge in [-0.25, -0.2) is 19.6 Å². The summed E-state index contributed by atoms with van der Waals surface area (Å²) in [6.45, 7) is 9.11. The second-order valence-electron chi connectivity index (χ2n) is 14.3. The van der Waals surface area contributed by atoms with Crippen LogP contribution in [0.15, 0.2) is 48.6 Å². The van der Waals surface area contributed by atoms with Crippen molar-refractivity contribution in [3.05, 3.63) is 88.3 Å². The Hall–Kier alpha value is -6.08. The molecule has 0 bridgehead atoms. The fourth-order valence-corrected chi connectivity index (χ4v) is 7.84. The van der Waals surface area contributed by atoms with Gasteiger partial charge in [-0.2, -0.15) is 37.2 Å². The predicted octanol–water partition coefficient (Wildman–Crippen LogP) is 5.82. The first-order chi connectivity index (χ1) is 28.0. The molecule has 1 N–H and O–H groups in total. The molecule has 0 aliphatic carbocycles. The number of rotatable bonds is 13. The van der Waals surface area contributed by atoms with E-state index in [4.69, 9.17) is 28.9 Å². The van der Waals surface area contributed by atoms with E-state index in [0.29, 0.717) is 88.2 Å². The van der Waals surface area contributed by atoms with Crippen molar-refractivity contribution in [2.45, 2.75) is 72.1 Å². The van der Waals surface area contributed by atoms with Gasteiger partial charge in [-0.1, -0.05) is 12.2 Å². The summed E-state index contributed by atoms with van der Waals surface area (Å²) in [6, 6.07) is 9.57. The second kappa shape index (κ2) is 17.6. The summed E-state index contributed by atoms with van der Waals surface area (Å²) in [5, 5.41) is 11.9. The summed E-state index contributed by atoms with van der Waals surface area (Å²) in [4.78, 5) is 62.0. The van der Waals surface area contributed by atoms with Crippen LogP contribution in [0.2, 0.25) is 0 Å². The highest BCUT2D eigenvalue weighted by Crippen LogP contribution is 2.40. The smallest absolute Gasteiger partial charge is 0.338 e. The third kappa shape index (κ3) is 7.85. The maximum atomic E-state index is 13.7. The van der Waals surface area contributed by atoms with Crippen molar-refractivity contribution in [3.8, 4) is 11.5 Å². The number of allylic oxidation sites excluding steroid dienone is 2. The number of ether oxygens (including phenoxy) is 4. The van der Waals surface area contributed by atoms with Gasteiger partial charge in [0.2, 0.25) is 5.95 Å². The number of amides is 1. The summed E-state index contributed by atoms with van der Waals surface area (Å²) in [6.07, 6.45) is 5.17. The number of carbonyl (C=O) groups is 4. The Morgan fingerprint density at radius 3 is 1.78 bits per heavy atom. The summed E-state index contributed by atoms with van der Waals surface area (Å²) in [5.74, 6) is 0.277. The lowest BCUT2D eigenvalue weighted by Gasteiger charge is -2.27. The largest absolute Gasteiger partial charge is 0.489 e. The quantitative estimate of drug-likeness (QED) is 0.0835. The molecule has 8 rings (SSSR count). The van der Waals surface area contributed by atoms with Crippen LogP contribution >= 0.6 is 27.0 Å². The second-order valence-corrected chi connectivity index (χ2v) is 14.3. The minimum atomic E-state index is -0.530. The normalized spacial score (nSPS) is 15.2. The molecule has 2 aliphatic heterocycles. The van der Waals surface area contributed by atoms with Crippen LogP contribution in [0.5, 0.6) is 11.5 Å². The molecule has 19 heteroatoms. The van der Waals surface area contributed by atoms with Crippen LogP contribution in [0.3, 0.4) is 0 Å². The standard InChI is InChI=1S/C41H43N9O8.2H2S/c1-7-47-30(13-22(3)45-47)32(51)19-35-42-28-15-24(39(53)55-5)17-33-36(28)49(35)26(20-57-33)11-9-10-12-27-21-58-34-18-25(40(54)56-6)16-29-37(34)50(27)41(43-29)44-38(52)31-14-23(4)46-48(31)8-2;;/h9-10,13-18,26-27H,7-8,11-12,19-21H2,1-6H3,(H,43,44,52);2*1H2/b10-9+;;/t26-,27-;;/m0../s1. The number of imidazole rings is 2. The number of Topliss-reactive ketones (excluding diaryl/α,β-unsaturated/α-hetero) is 1. The van der Waals surface area contributed by atoms with Crippen molar-refractivity contribution in [1.29, 1.82) is 0 Å². The Kier molecular flexibility index (Phi) is 12.8. The number of benzene rings is 2. The molecule has 0 unspecified atom stereocenters. The van der Waals surface area contributed by atoms with Gasteiger partial charge in [-0.15, -0.1) is 0 Å². The Morgan fingerprint density at radius 1 is 0.733 bits per heavy atom. The first-order valence-electron chi connectivity index (χ1n) is 19.1. The van der Waals surface area contributed by atoms with Crippen LogP contribution in [0.25, 0.3) is 22.1 Å². The third-order valence-electron chi connectivity index (χ3n) is 10.5. The number of anilines is 1. The van der Waals surface area contributed by atoms with E-state index < -0.39 is 11.9 Å². The van der Waals surface area contributed by atoms with Crippen LogP contribution in [0.1, 0.15) is 97.7 Å². The van der Waals surface area contributed by atoms with Gasteiger partial charge in [0.25, 0.3) is 5.91 Å². The molecule has 6 heterocycles. The number of carbonyl (C=O) groups excluding carboxylic acids is 4. The molecule has 17 nitrogen and oxygen atoms in total. The average molecular weight is 858 g/mol. The molecule has 0 spiro atoms. The number of hydrogen-bond donors (Lipinski definition) is 1. The number of esters is 2. The lowest BCUT2D eigenvalue weighted by molar-refractivity contribution is 0.0591. The molecule has 316 valence electrons. The zero-order valence-electron chi connectivity index (χ0n) is 34.1. The first kappa shape index (κ1) is 43.5. The number of ketones is 1.